The molecule has 0 radical (unpaired) electrons. The van der Waals surface area contributed by atoms with Crippen molar-refractivity contribution in [2.75, 3.05) is 31.2 Å². The number of nitrogens with zero attached hydrogens (tertiary/aromatic N) is 5. The molecule has 1 saturated heterocycles. The van der Waals surface area contributed by atoms with Crippen LogP contribution in [0.25, 0.3) is 11.0 Å². The van der Waals surface area contributed by atoms with E-state index in [2.05, 4.69) is 42.3 Å². The third-order valence-electron chi connectivity index (χ3n) is 6.02. The van der Waals surface area contributed by atoms with Gasteiger partial charge in [0.2, 0.25) is 0 Å². The fourth-order valence-electron chi connectivity index (χ4n) is 4.31. The van der Waals surface area contributed by atoms with Gasteiger partial charge in [-0.05, 0) is 37.8 Å². The molecular weight excluding hydrogens is 408 g/mol. The number of hydrogen-bond donors (Lipinski definition) is 1. The van der Waals surface area contributed by atoms with E-state index >= 15 is 0 Å². The zero-order valence-electron chi connectivity index (χ0n) is 17.8. The Morgan fingerprint density at radius 3 is 2.62 bits per heavy atom. The van der Waals surface area contributed by atoms with Gasteiger partial charge in [0, 0.05) is 49.5 Å². The number of carbonyl (C=O) groups is 1. The Balaban J connectivity index is 1.25. The number of nitrogens with one attached hydrogen (secondary N) is 1. The van der Waals surface area contributed by atoms with Gasteiger partial charge in [0.05, 0.1) is 24.8 Å². The average molecular weight is 435 g/mol. The number of hydrogen-bond acceptors (Lipinski definition) is 8. The van der Waals surface area contributed by atoms with Gasteiger partial charge in [-0.1, -0.05) is 0 Å². The van der Waals surface area contributed by atoms with E-state index in [0.717, 1.165) is 74.5 Å². The van der Waals surface area contributed by atoms with Gasteiger partial charge in [-0.3, -0.25) is 9.78 Å². The molecule has 0 bridgehead atoms. The zero-order chi connectivity index (χ0) is 21.8. The molecule has 2 aliphatic rings. The van der Waals surface area contributed by atoms with Crippen molar-refractivity contribution in [1.29, 1.82) is 0 Å². The van der Waals surface area contributed by atoms with E-state index in [9.17, 15) is 4.79 Å². The molecule has 1 N–H and O–H groups in total. The first-order valence-electron chi connectivity index (χ1n) is 11.1. The molecule has 1 aliphatic heterocycles. The van der Waals surface area contributed by atoms with E-state index in [0.29, 0.717) is 5.69 Å². The average Bonchev–Trinajstić information content (AvgIpc) is 2.86. The van der Waals surface area contributed by atoms with Crippen LogP contribution >= 0.6 is 0 Å². The number of fused-ring (bicyclic) bond motifs is 1. The molecule has 166 valence electrons. The first-order valence-corrected chi connectivity index (χ1v) is 11.1. The minimum atomic E-state index is -0.156. The maximum atomic E-state index is 12.4. The monoisotopic (exact) mass is 434 g/mol. The Bertz CT molecular complexity index is 1070. The van der Waals surface area contributed by atoms with Crippen molar-refractivity contribution in [3.8, 4) is 5.75 Å². The van der Waals surface area contributed by atoms with Gasteiger partial charge in [-0.15, -0.1) is 0 Å². The van der Waals surface area contributed by atoms with Crippen LogP contribution in [-0.2, 0) is 4.74 Å². The van der Waals surface area contributed by atoms with E-state index in [1.54, 1.807) is 24.7 Å². The fourth-order valence-corrected chi connectivity index (χ4v) is 4.31. The van der Waals surface area contributed by atoms with Gasteiger partial charge in [0.15, 0.2) is 0 Å². The summed E-state index contributed by atoms with van der Waals surface area (Å²) in [4.78, 5) is 31.6. The third kappa shape index (κ3) is 4.62. The highest BCUT2D eigenvalue weighted by Gasteiger charge is 2.25. The summed E-state index contributed by atoms with van der Waals surface area (Å²) in [5.74, 6) is 0.613. The van der Waals surface area contributed by atoms with Crippen LogP contribution in [0, 0.1) is 0 Å². The van der Waals surface area contributed by atoms with Gasteiger partial charge in [0.25, 0.3) is 5.91 Å². The topological polar surface area (TPSA) is 102 Å². The molecule has 0 unspecified atom stereocenters. The predicted molar refractivity (Wildman–Crippen MR) is 119 cm³/mol. The largest absolute Gasteiger partial charge is 0.488 e. The smallest absolute Gasteiger partial charge is 0.270 e. The molecule has 1 aliphatic carbocycles. The van der Waals surface area contributed by atoms with Gasteiger partial charge in [-0.2, -0.15) is 0 Å². The maximum Gasteiger partial charge on any atom is 0.270 e. The maximum absolute atomic E-state index is 12.4. The lowest BCUT2D eigenvalue weighted by Crippen LogP contribution is -2.40. The van der Waals surface area contributed by atoms with Crippen LogP contribution in [-0.4, -0.2) is 64.3 Å². The van der Waals surface area contributed by atoms with Gasteiger partial charge < -0.3 is 19.7 Å². The fraction of sp³-hybridized carbons (Fsp3) is 0.435. The quantitative estimate of drug-likeness (QED) is 0.653. The van der Waals surface area contributed by atoms with Crippen LogP contribution < -0.4 is 15.0 Å². The number of rotatable bonds is 5. The highest BCUT2D eigenvalue weighted by Crippen LogP contribution is 2.33. The molecule has 32 heavy (non-hydrogen) atoms. The molecule has 1 amide bonds. The van der Waals surface area contributed by atoms with Crippen LogP contribution in [0.5, 0.6) is 5.75 Å². The molecule has 2 aromatic heterocycles. The van der Waals surface area contributed by atoms with Crippen molar-refractivity contribution in [1.82, 2.24) is 25.3 Å². The van der Waals surface area contributed by atoms with E-state index < -0.39 is 0 Å². The zero-order valence-corrected chi connectivity index (χ0v) is 17.8. The molecule has 1 aromatic carbocycles. The highest BCUT2D eigenvalue weighted by molar-refractivity contribution is 5.92. The van der Waals surface area contributed by atoms with Crippen LogP contribution in [0.4, 0.5) is 5.69 Å². The van der Waals surface area contributed by atoms with Crippen molar-refractivity contribution >= 4 is 22.6 Å². The molecule has 9 nitrogen and oxygen atoms in total. The first-order chi connectivity index (χ1) is 15.8. The molecular formula is C23H26N6O3. The number of ether oxygens (including phenoxy) is 2. The summed E-state index contributed by atoms with van der Waals surface area (Å²) in [6.07, 6.45) is 9.87. The van der Waals surface area contributed by atoms with Gasteiger partial charge in [0.1, 0.15) is 23.3 Å². The first kappa shape index (κ1) is 20.6. The summed E-state index contributed by atoms with van der Waals surface area (Å²) >= 11 is 0. The minimum Gasteiger partial charge on any atom is -0.488 e. The van der Waals surface area contributed by atoms with E-state index in [1.165, 1.54) is 6.33 Å². The standard InChI is InChI=1S/C23H26N6O3/c30-23(19-5-6-24-15-27-19)28-16-1-3-18(4-2-16)32-21-14-17(29-9-11-31-12-10-29)13-20-22(21)26-8-7-25-20/h5-8,13-16,18H,1-4,9-12H2,(H,28,30)/t16-,18+. The summed E-state index contributed by atoms with van der Waals surface area (Å²) in [7, 11) is 0. The van der Waals surface area contributed by atoms with Crippen molar-refractivity contribution in [2.45, 2.75) is 37.8 Å². The molecule has 1 saturated carbocycles. The Morgan fingerprint density at radius 1 is 1.03 bits per heavy atom. The number of anilines is 1. The SMILES string of the molecule is O=C(N[C@H]1CC[C@@H](Oc2cc(N3CCOCC3)cc3nccnc23)CC1)c1ccncn1. The normalized spacial score (nSPS) is 21.3. The lowest BCUT2D eigenvalue weighted by atomic mass is 9.92. The summed E-state index contributed by atoms with van der Waals surface area (Å²) in [5.41, 5.74) is 3.09. The number of benzene rings is 1. The Morgan fingerprint density at radius 2 is 1.84 bits per heavy atom. The van der Waals surface area contributed by atoms with Crippen LogP contribution in [0.3, 0.4) is 0 Å². The number of amides is 1. The Kier molecular flexibility index (Phi) is 6.06. The van der Waals surface area contributed by atoms with Crippen molar-refractivity contribution in [3.05, 3.63) is 48.8 Å². The second kappa shape index (κ2) is 9.44. The highest BCUT2D eigenvalue weighted by atomic mass is 16.5. The lowest BCUT2D eigenvalue weighted by molar-refractivity contribution is 0.0890. The van der Waals surface area contributed by atoms with Crippen LogP contribution in [0.2, 0.25) is 0 Å². The van der Waals surface area contributed by atoms with Crippen molar-refractivity contribution < 1.29 is 14.3 Å². The second-order valence-corrected chi connectivity index (χ2v) is 8.13. The third-order valence-corrected chi connectivity index (χ3v) is 6.02. The Labute approximate surface area is 186 Å². The summed E-state index contributed by atoms with van der Waals surface area (Å²) in [5, 5.41) is 3.08. The number of aromatic nitrogens is 4. The predicted octanol–water partition coefficient (Wildman–Crippen LogP) is 2.38. The van der Waals surface area contributed by atoms with Gasteiger partial charge in [-0.25, -0.2) is 15.0 Å². The van der Waals surface area contributed by atoms with Crippen LogP contribution in [0.1, 0.15) is 36.2 Å². The molecule has 0 atom stereocenters. The molecule has 9 heteroatoms. The van der Waals surface area contributed by atoms with Gasteiger partial charge >= 0.3 is 0 Å². The summed E-state index contributed by atoms with van der Waals surface area (Å²) < 4.78 is 11.9. The summed E-state index contributed by atoms with van der Waals surface area (Å²) in [6, 6.07) is 5.89. The van der Waals surface area contributed by atoms with E-state index in [1.807, 2.05) is 0 Å². The molecule has 5 rings (SSSR count). The molecule has 3 heterocycles. The van der Waals surface area contributed by atoms with E-state index in [-0.39, 0.29) is 18.1 Å². The van der Waals surface area contributed by atoms with Crippen LogP contribution in [0.15, 0.2) is 43.1 Å². The number of morpholine rings is 1. The Hall–Kier alpha value is -3.33. The molecule has 3 aromatic rings. The molecule has 2 fully saturated rings. The minimum absolute atomic E-state index is 0.0762. The summed E-state index contributed by atoms with van der Waals surface area (Å²) in [6.45, 7) is 3.14. The second-order valence-electron chi connectivity index (χ2n) is 8.13. The van der Waals surface area contributed by atoms with Crippen molar-refractivity contribution in [3.63, 3.8) is 0 Å². The van der Waals surface area contributed by atoms with Crippen molar-refractivity contribution in [2.24, 2.45) is 0 Å². The lowest BCUT2D eigenvalue weighted by Gasteiger charge is -2.31. The van der Waals surface area contributed by atoms with E-state index in [4.69, 9.17) is 9.47 Å². The number of carbonyl (C=O) groups excluding carboxylic acids is 1. The molecule has 0 spiro atoms.